The van der Waals surface area contributed by atoms with E-state index >= 15 is 0 Å². The minimum atomic E-state index is 0.135. The van der Waals surface area contributed by atoms with Crippen LogP contribution in [0.5, 0.6) is 5.75 Å². The first-order valence-corrected chi connectivity index (χ1v) is 6.83. The molecule has 1 saturated heterocycles. The molecule has 2 rings (SSSR count). The fourth-order valence-electron chi connectivity index (χ4n) is 2.40. The van der Waals surface area contributed by atoms with E-state index in [1.54, 1.807) is 12.0 Å². The average Bonchev–Trinajstić information content (AvgIpc) is 2.48. The highest BCUT2D eigenvalue weighted by atomic mass is 16.5. The topological polar surface area (TPSA) is 32.8 Å². The van der Waals surface area contributed by atoms with Crippen molar-refractivity contribution >= 4 is 6.03 Å². The number of urea groups is 1. The van der Waals surface area contributed by atoms with Gasteiger partial charge in [-0.2, -0.15) is 0 Å². The molecule has 4 heteroatoms. The number of methoxy groups -OCH3 is 1. The Morgan fingerprint density at radius 2 is 1.84 bits per heavy atom. The van der Waals surface area contributed by atoms with Crippen LogP contribution >= 0.6 is 0 Å². The second kappa shape index (κ2) is 6.45. The van der Waals surface area contributed by atoms with Gasteiger partial charge in [0.15, 0.2) is 0 Å². The van der Waals surface area contributed by atoms with Gasteiger partial charge in [-0.1, -0.05) is 12.1 Å². The van der Waals surface area contributed by atoms with Crippen LogP contribution in [0.2, 0.25) is 0 Å². The largest absolute Gasteiger partial charge is 0.497 e. The van der Waals surface area contributed by atoms with Gasteiger partial charge in [-0.3, -0.25) is 0 Å². The normalized spacial score (nSPS) is 15.2. The Bertz CT molecular complexity index is 411. The molecule has 1 aromatic carbocycles. The van der Waals surface area contributed by atoms with Gasteiger partial charge < -0.3 is 14.5 Å². The number of carbonyl (C=O) groups excluding carboxylic acids is 1. The molecule has 1 aromatic rings. The summed E-state index contributed by atoms with van der Waals surface area (Å²) in [5.74, 6) is 0.841. The zero-order valence-electron chi connectivity index (χ0n) is 11.8. The van der Waals surface area contributed by atoms with Crippen molar-refractivity contribution in [3.63, 3.8) is 0 Å². The Morgan fingerprint density at radius 1 is 1.21 bits per heavy atom. The summed E-state index contributed by atoms with van der Waals surface area (Å²) in [5, 5.41) is 0. The van der Waals surface area contributed by atoms with Gasteiger partial charge in [0.1, 0.15) is 5.75 Å². The molecular weight excluding hydrogens is 240 g/mol. The van der Waals surface area contributed by atoms with Crippen LogP contribution in [0.25, 0.3) is 0 Å². The Hall–Kier alpha value is -1.71. The Balaban J connectivity index is 1.91. The van der Waals surface area contributed by atoms with E-state index in [0.29, 0.717) is 6.54 Å². The van der Waals surface area contributed by atoms with Crippen molar-refractivity contribution in [2.45, 2.75) is 25.8 Å². The summed E-state index contributed by atoms with van der Waals surface area (Å²) in [6.07, 6.45) is 3.50. The number of piperidine rings is 1. The molecule has 0 unspecified atom stereocenters. The van der Waals surface area contributed by atoms with Crippen LogP contribution in [-0.2, 0) is 6.54 Å². The molecule has 1 aliphatic rings. The van der Waals surface area contributed by atoms with Crippen molar-refractivity contribution in [1.29, 1.82) is 0 Å². The molecule has 104 valence electrons. The van der Waals surface area contributed by atoms with Gasteiger partial charge in [-0.05, 0) is 37.0 Å². The summed E-state index contributed by atoms with van der Waals surface area (Å²) in [4.78, 5) is 16.0. The molecule has 0 saturated carbocycles. The number of hydrogen-bond donors (Lipinski definition) is 0. The minimum absolute atomic E-state index is 0.135. The van der Waals surface area contributed by atoms with Crippen molar-refractivity contribution in [2.75, 3.05) is 27.2 Å². The number of ether oxygens (including phenoxy) is 1. The molecule has 4 nitrogen and oxygen atoms in total. The zero-order chi connectivity index (χ0) is 13.7. The number of nitrogens with zero attached hydrogens (tertiary/aromatic N) is 2. The predicted octanol–water partition coefficient (Wildman–Crippen LogP) is 2.73. The van der Waals surface area contributed by atoms with Crippen LogP contribution in [0.3, 0.4) is 0 Å². The lowest BCUT2D eigenvalue weighted by Gasteiger charge is -2.31. The lowest BCUT2D eigenvalue weighted by atomic mass is 10.1. The van der Waals surface area contributed by atoms with Crippen LogP contribution in [0, 0.1) is 0 Å². The fraction of sp³-hybridized carbons (Fsp3) is 0.533. The number of benzene rings is 1. The van der Waals surface area contributed by atoms with Crippen molar-refractivity contribution in [1.82, 2.24) is 9.80 Å². The minimum Gasteiger partial charge on any atom is -0.497 e. The molecule has 0 spiro atoms. The maximum Gasteiger partial charge on any atom is 0.320 e. The quantitative estimate of drug-likeness (QED) is 0.839. The number of carbonyl (C=O) groups is 1. The first-order valence-electron chi connectivity index (χ1n) is 6.83. The maximum absolute atomic E-state index is 12.3. The van der Waals surface area contributed by atoms with E-state index in [2.05, 4.69) is 0 Å². The summed E-state index contributed by atoms with van der Waals surface area (Å²) in [6.45, 7) is 2.43. The number of hydrogen-bond acceptors (Lipinski definition) is 2. The van der Waals surface area contributed by atoms with Crippen LogP contribution < -0.4 is 4.74 Å². The number of amides is 2. The highest BCUT2D eigenvalue weighted by Gasteiger charge is 2.19. The summed E-state index contributed by atoms with van der Waals surface area (Å²) in [6, 6.07) is 7.98. The molecule has 0 aromatic heterocycles. The molecule has 0 atom stereocenters. The van der Waals surface area contributed by atoms with E-state index in [-0.39, 0.29) is 6.03 Å². The van der Waals surface area contributed by atoms with E-state index in [9.17, 15) is 4.79 Å². The molecule has 1 heterocycles. The predicted molar refractivity (Wildman–Crippen MR) is 75.3 cm³/mol. The maximum atomic E-state index is 12.3. The van der Waals surface area contributed by atoms with Crippen LogP contribution in [0.15, 0.2) is 24.3 Å². The Kier molecular flexibility index (Phi) is 4.66. The fourth-order valence-corrected chi connectivity index (χ4v) is 2.40. The monoisotopic (exact) mass is 262 g/mol. The third-order valence-electron chi connectivity index (χ3n) is 3.53. The third-order valence-corrected chi connectivity index (χ3v) is 3.53. The molecular formula is C15H22N2O2. The van der Waals surface area contributed by atoms with E-state index in [4.69, 9.17) is 4.74 Å². The number of rotatable bonds is 3. The smallest absolute Gasteiger partial charge is 0.320 e. The van der Waals surface area contributed by atoms with Gasteiger partial charge in [0.25, 0.3) is 0 Å². The van der Waals surface area contributed by atoms with E-state index in [0.717, 1.165) is 37.2 Å². The Labute approximate surface area is 115 Å². The lowest BCUT2D eigenvalue weighted by molar-refractivity contribution is 0.151. The highest BCUT2D eigenvalue weighted by Crippen LogP contribution is 2.15. The lowest BCUT2D eigenvalue weighted by Crippen LogP contribution is -2.43. The summed E-state index contributed by atoms with van der Waals surface area (Å²) in [5.41, 5.74) is 1.12. The molecule has 1 fully saturated rings. The van der Waals surface area contributed by atoms with Crippen LogP contribution in [0.4, 0.5) is 4.79 Å². The van der Waals surface area contributed by atoms with Crippen molar-refractivity contribution < 1.29 is 9.53 Å². The van der Waals surface area contributed by atoms with E-state index < -0.39 is 0 Å². The molecule has 0 radical (unpaired) electrons. The molecule has 0 aliphatic carbocycles. The first kappa shape index (κ1) is 13.7. The van der Waals surface area contributed by atoms with Crippen molar-refractivity contribution in [3.05, 3.63) is 29.8 Å². The molecule has 1 aliphatic heterocycles. The van der Waals surface area contributed by atoms with Crippen LogP contribution in [0.1, 0.15) is 24.8 Å². The van der Waals surface area contributed by atoms with E-state index in [1.165, 1.54) is 6.42 Å². The third kappa shape index (κ3) is 3.63. The molecule has 2 amide bonds. The van der Waals surface area contributed by atoms with Gasteiger partial charge in [0.2, 0.25) is 0 Å². The van der Waals surface area contributed by atoms with Gasteiger partial charge in [0, 0.05) is 26.7 Å². The van der Waals surface area contributed by atoms with Crippen molar-refractivity contribution in [3.8, 4) is 5.75 Å². The summed E-state index contributed by atoms with van der Waals surface area (Å²) < 4.78 is 5.13. The van der Waals surface area contributed by atoms with E-state index in [1.807, 2.05) is 36.2 Å². The molecule has 0 bridgehead atoms. The molecule has 0 N–H and O–H groups in total. The highest BCUT2D eigenvalue weighted by molar-refractivity contribution is 5.74. The summed E-state index contributed by atoms with van der Waals surface area (Å²) >= 11 is 0. The zero-order valence-corrected chi connectivity index (χ0v) is 11.8. The van der Waals surface area contributed by atoms with Gasteiger partial charge in [0.05, 0.1) is 7.11 Å². The van der Waals surface area contributed by atoms with Gasteiger partial charge in [-0.25, -0.2) is 4.79 Å². The SMILES string of the molecule is COc1ccc(CN(C)C(=O)N2CCCCC2)cc1. The standard InChI is InChI=1S/C15H22N2O2/c1-16(15(18)17-10-4-3-5-11-17)12-13-6-8-14(19-2)9-7-13/h6-9H,3-5,10-12H2,1-2H3. The second-order valence-corrected chi connectivity index (χ2v) is 5.03. The van der Waals surface area contributed by atoms with Gasteiger partial charge in [-0.15, -0.1) is 0 Å². The van der Waals surface area contributed by atoms with Gasteiger partial charge >= 0.3 is 6.03 Å². The molecule has 19 heavy (non-hydrogen) atoms. The second-order valence-electron chi connectivity index (χ2n) is 5.03. The summed E-state index contributed by atoms with van der Waals surface area (Å²) in [7, 11) is 3.52. The number of likely N-dealkylation sites (tertiary alicyclic amines) is 1. The van der Waals surface area contributed by atoms with Crippen LogP contribution in [-0.4, -0.2) is 43.1 Å². The van der Waals surface area contributed by atoms with Crippen molar-refractivity contribution in [2.24, 2.45) is 0 Å². The average molecular weight is 262 g/mol. The Morgan fingerprint density at radius 3 is 2.42 bits per heavy atom. The first-order chi connectivity index (χ1) is 9.20.